The zero-order chi connectivity index (χ0) is 18.3. The largest absolute Gasteiger partial charge is 1.00 e. The fraction of sp³-hybridized carbons (Fsp3) is 0.867. The van der Waals surface area contributed by atoms with Gasteiger partial charge in [0.15, 0.2) is 0 Å². The number of carboxylic acid groups (broad SMARTS) is 2. The number of aliphatic carboxylic acids is 2. The van der Waals surface area contributed by atoms with Crippen LogP contribution in [0.3, 0.4) is 0 Å². The van der Waals surface area contributed by atoms with Gasteiger partial charge in [-0.2, -0.15) is 8.42 Å². The summed E-state index contributed by atoms with van der Waals surface area (Å²) < 4.78 is 30.0. The third-order valence-electron chi connectivity index (χ3n) is 4.62. The second-order valence-corrected chi connectivity index (χ2v) is 7.85. The molecule has 0 aliphatic carbocycles. The fourth-order valence-corrected chi connectivity index (χ4v) is 3.89. The Hall–Kier alpha value is 0.850. The van der Waals surface area contributed by atoms with Gasteiger partial charge >= 0.3 is 59.1 Å². The summed E-state index contributed by atoms with van der Waals surface area (Å²) in [7, 11) is -5.22. The maximum absolute atomic E-state index is 11.8. The van der Waals surface area contributed by atoms with E-state index in [1.807, 2.05) is 13.8 Å². The zero-order valence-corrected chi connectivity index (χ0v) is 20.8. The molecule has 0 amide bonds. The van der Waals surface area contributed by atoms with Crippen LogP contribution in [0.2, 0.25) is 0 Å². The molecule has 0 rings (SSSR count). The van der Waals surface area contributed by atoms with Gasteiger partial charge in [-0.05, 0) is 19.8 Å². The van der Waals surface area contributed by atoms with Crippen LogP contribution in [0.4, 0.5) is 0 Å². The Balaban J connectivity index is -0.00000242. The molecule has 136 valence electrons. The van der Waals surface area contributed by atoms with Gasteiger partial charge < -0.3 is 19.8 Å². The molecule has 0 aliphatic rings. The normalized spacial score (nSPS) is 13.9. The molecule has 1 unspecified atom stereocenters. The molecule has 0 aromatic heterocycles. The van der Waals surface area contributed by atoms with Gasteiger partial charge in [0.25, 0.3) is 10.1 Å². The molecule has 0 fully saturated rings. The Bertz CT molecular complexity index is 512. The molecule has 0 aliphatic heterocycles. The van der Waals surface area contributed by atoms with Crippen LogP contribution >= 0.6 is 0 Å². The Morgan fingerprint density at radius 2 is 1.24 bits per heavy atom. The van der Waals surface area contributed by atoms with Gasteiger partial charge in [-0.25, -0.2) is 0 Å². The fourth-order valence-electron chi connectivity index (χ4n) is 2.90. The summed E-state index contributed by atoms with van der Waals surface area (Å²) in [5, 5.41) is 23.4. The molecule has 0 aromatic carbocycles. The van der Waals surface area contributed by atoms with E-state index in [1.54, 1.807) is 0 Å². The number of hydrogen-bond acceptors (Lipinski definition) is 6. The second kappa shape index (κ2) is 13.1. The smallest absolute Gasteiger partial charge is 0.549 e. The summed E-state index contributed by atoms with van der Waals surface area (Å²) in [5.41, 5.74) is -2.23. The van der Waals surface area contributed by atoms with Crippen LogP contribution in [0.25, 0.3) is 0 Å². The molecule has 10 heteroatoms. The number of hydrogen-bond donors (Lipinski definition) is 1. The van der Waals surface area contributed by atoms with Gasteiger partial charge in [0.2, 0.25) is 0 Å². The van der Waals surface area contributed by atoms with Gasteiger partial charge in [-0.1, -0.05) is 52.4 Å². The quantitative estimate of drug-likeness (QED) is 0.197. The van der Waals surface area contributed by atoms with E-state index in [2.05, 4.69) is 0 Å². The van der Waals surface area contributed by atoms with Crippen molar-refractivity contribution in [2.45, 2.75) is 76.9 Å². The number of rotatable bonds is 12. The van der Waals surface area contributed by atoms with E-state index in [-0.39, 0.29) is 72.0 Å². The van der Waals surface area contributed by atoms with E-state index in [4.69, 9.17) is 0 Å². The first kappa shape index (κ1) is 30.6. The molecule has 0 bridgehead atoms. The number of carboxylic acids is 2. The van der Waals surface area contributed by atoms with E-state index in [0.717, 1.165) is 12.8 Å². The van der Waals surface area contributed by atoms with E-state index in [0.29, 0.717) is 32.6 Å². The minimum atomic E-state index is -5.22. The number of unbranched alkanes of at least 4 members (excludes halogenated alkanes) is 4. The van der Waals surface area contributed by atoms with Crippen LogP contribution in [0.1, 0.15) is 72.1 Å². The third kappa shape index (κ3) is 7.07. The van der Waals surface area contributed by atoms with Crippen molar-refractivity contribution in [1.82, 2.24) is 0 Å². The second-order valence-electron chi connectivity index (χ2n) is 6.08. The SMILES string of the molecule is CCCCCC(CCCCC)(C(=O)[O-])C(C)(C(=O)[O-])S(=O)(=O)O.[Na+].[Na+]. The van der Waals surface area contributed by atoms with Crippen molar-refractivity contribution in [3.63, 3.8) is 0 Å². The molecule has 0 aromatic rings. The Morgan fingerprint density at radius 3 is 1.44 bits per heavy atom. The number of carbonyl (C=O) groups is 2. The van der Waals surface area contributed by atoms with Crippen LogP contribution in [0.15, 0.2) is 0 Å². The first-order chi connectivity index (χ1) is 10.5. The minimum Gasteiger partial charge on any atom is -0.549 e. The van der Waals surface area contributed by atoms with E-state index >= 15 is 0 Å². The first-order valence-corrected chi connectivity index (χ1v) is 9.35. The maximum Gasteiger partial charge on any atom is 1.00 e. The van der Waals surface area contributed by atoms with Gasteiger partial charge in [0.1, 0.15) is 4.75 Å². The average molecular weight is 396 g/mol. The molecular formula is C15H26Na2O7S. The van der Waals surface area contributed by atoms with Gasteiger partial charge in [-0.3, -0.25) is 4.55 Å². The monoisotopic (exact) mass is 396 g/mol. The summed E-state index contributed by atoms with van der Waals surface area (Å²) in [6.07, 6.45) is 2.91. The molecule has 25 heavy (non-hydrogen) atoms. The zero-order valence-electron chi connectivity index (χ0n) is 16.0. The van der Waals surface area contributed by atoms with Crippen LogP contribution in [-0.4, -0.2) is 29.7 Å². The number of carbonyl (C=O) groups excluding carboxylic acids is 2. The maximum atomic E-state index is 11.8. The predicted octanol–water partition coefficient (Wildman–Crippen LogP) is -5.71. The van der Waals surface area contributed by atoms with Gasteiger partial charge in [0, 0.05) is 11.4 Å². The van der Waals surface area contributed by atoms with E-state index in [1.165, 1.54) is 0 Å². The van der Waals surface area contributed by atoms with Crippen molar-refractivity contribution in [2.75, 3.05) is 0 Å². The van der Waals surface area contributed by atoms with E-state index < -0.39 is 32.2 Å². The molecular weight excluding hydrogens is 370 g/mol. The Morgan fingerprint density at radius 1 is 0.880 bits per heavy atom. The average Bonchev–Trinajstić information content (AvgIpc) is 2.43. The van der Waals surface area contributed by atoms with Crippen molar-refractivity contribution in [3.8, 4) is 0 Å². The van der Waals surface area contributed by atoms with Gasteiger partial charge in [-0.15, -0.1) is 0 Å². The molecule has 0 radical (unpaired) electrons. The standard InChI is InChI=1S/C15H28O7S.2Na/c1-4-6-8-10-15(13(18)19,11-9-7-5-2)14(3,12(16)17)23(20,21)22;;/h4-11H2,1-3H3,(H,16,17)(H,18,19)(H,20,21,22);;/q;2*+1/p-2. The molecule has 0 saturated heterocycles. The predicted molar refractivity (Wildman–Crippen MR) is 80.7 cm³/mol. The first-order valence-electron chi connectivity index (χ1n) is 7.91. The summed E-state index contributed by atoms with van der Waals surface area (Å²) >= 11 is 0. The van der Waals surface area contributed by atoms with Crippen molar-refractivity contribution >= 4 is 22.1 Å². The summed E-state index contributed by atoms with van der Waals surface area (Å²) in [6.45, 7) is 4.45. The van der Waals surface area contributed by atoms with Crippen molar-refractivity contribution in [2.24, 2.45) is 5.41 Å². The van der Waals surface area contributed by atoms with Crippen LogP contribution in [0.5, 0.6) is 0 Å². The molecule has 0 heterocycles. The molecule has 7 nitrogen and oxygen atoms in total. The van der Waals surface area contributed by atoms with E-state index in [9.17, 15) is 32.8 Å². The van der Waals surface area contributed by atoms with Crippen LogP contribution < -0.4 is 69.3 Å². The topological polar surface area (TPSA) is 135 Å². The van der Waals surface area contributed by atoms with Crippen LogP contribution in [-0.2, 0) is 19.7 Å². The third-order valence-corrected chi connectivity index (χ3v) is 6.21. The molecule has 0 spiro atoms. The van der Waals surface area contributed by atoms with Gasteiger partial charge in [0.05, 0.1) is 5.97 Å². The summed E-state index contributed by atoms with van der Waals surface area (Å²) in [4.78, 5) is 23.4. The molecule has 1 atom stereocenters. The van der Waals surface area contributed by atoms with Crippen molar-refractivity contribution in [1.29, 1.82) is 0 Å². The summed E-state index contributed by atoms with van der Waals surface area (Å²) in [5.74, 6) is -3.91. The summed E-state index contributed by atoms with van der Waals surface area (Å²) in [6, 6.07) is 0. The minimum absolute atomic E-state index is 0. The molecule has 0 saturated carbocycles. The Labute approximate surface area is 194 Å². The molecule has 1 N–H and O–H groups in total. The van der Waals surface area contributed by atoms with Crippen molar-refractivity contribution < 1.29 is 91.9 Å². The van der Waals surface area contributed by atoms with Crippen molar-refractivity contribution in [3.05, 3.63) is 0 Å². The van der Waals surface area contributed by atoms with Crippen LogP contribution in [0, 0.1) is 5.41 Å². The Kier molecular flexibility index (Phi) is 16.0.